The van der Waals surface area contributed by atoms with E-state index in [1.165, 1.54) is 5.56 Å². The van der Waals surface area contributed by atoms with Crippen LogP contribution >= 0.6 is 0 Å². The van der Waals surface area contributed by atoms with Crippen molar-refractivity contribution in [2.24, 2.45) is 0 Å². The lowest BCUT2D eigenvalue weighted by Gasteiger charge is -2.36. The van der Waals surface area contributed by atoms with Gasteiger partial charge in [-0.1, -0.05) is 48.6 Å². The first-order valence-corrected chi connectivity index (χ1v) is 11.4. The van der Waals surface area contributed by atoms with Gasteiger partial charge in [-0.05, 0) is 23.3 Å². The Kier molecular flexibility index (Phi) is 6.40. The predicted octanol–water partition coefficient (Wildman–Crippen LogP) is 3.64. The van der Waals surface area contributed by atoms with Crippen LogP contribution < -0.4 is 14.4 Å². The standard InChI is InChI=1S/C26H28N6O2/c1-33-23-11-10-21(17-24(23)34-2)22-18-27-26-28-19-29-32(26)25(22)31-15-13-30(14-16-31)12-6-9-20-7-4-3-5-8-20/h3-11,17-19H,12-16H2,1-2H3/b9-6+. The summed E-state index contributed by atoms with van der Waals surface area (Å²) in [6, 6.07) is 16.3. The summed E-state index contributed by atoms with van der Waals surface area (Å²) in [6.45, 7) is 4.63. The fraction of sp³-hybridized carbons (Fsp3) is 0.269. The highest BCUT2D eigenvalue weighted by molar-refractivity contribution is 5.78. The third kappa shape index (κ3) is 4.45. The Bertz CT molecular complexity index is 1280. The average molecular weight is 457 g/mol. The van der Waals surface area contributed by atoms with E-state index >= 15 is 0 Å². The zero-order valence-corrected chi connectivity index (χ0v) is 19.5. The van der Waals surface area contributed by atoms with Gasteiger partial charge in [0, 0.05) is 44.5 Å². The van der Waals surface area contributed by atoms with E-state index in [1.807, 2.05) is 35.0 Å². The number of methoxy groups -OCH3 is 2. The number of ether oxygens (including phenoxy) is 2. The summed E-state index contributed by atoms with van der Waals surface area (Å²) in [6.07, 6.45) is 7.84. The topological polar surface area (TPSA) is 68.0 Å². The largest absolute Gasteiger partial charge is 0.493 e. The van der Waals surface area contributed by atoms with E-state index in [2.05, 4.69) is 61.3 Å². The molecule has 174 valence electrons. The predicted molar refractivity (Wildman–Crippen MR) is 133 cm³/mol. The molecule has 34 heavy (non-hydrogen) atoms. The van der Waals surface area contributed by atoms with Gasteiger partial charge in [0.15, 0.2) is 11.5 Å². The first kappa shape index (κ1) is 21.9. The average Bonchev–Trinajstić information content (AvgIpc) is 3.38. The summed E-state index contributed by atoms with van der Waals surface area (Å²) < 4.78 is 12.8. The monoisotopic (exact) mass is 456 g/mol. The number of benzene rings is 2. The van der Waals surface area contributed by atoms with Crippen LogP contribution in [0.1, 0.15) is 5.56 Å². The van der Waals surface area contributed by atoms with Gasteiger partial charge in [0.25, 0.3) is 5.78 Å². The molecule has 5 rings (SSSR count). The molecular formula is C26H28N6O2. The van der Waals surface area contributed by atoms with Crippen LogP contribution in [-0.2, 0) is 0 Å². The Morgan fingerprint density at radius 1 is 0.912 bits per heavy atom. The number of aromatic nitrogens is 4. The SMILES string of the molecule is COc1ccc(-c2cnc3ncnn3c2N2CCN(C/C=C/c3ccccc3)CC2)cc1OC. The molecule has 3 heterocycles. The highest BCUT2D eigenvalue weighted by atomic mass is 16.5. The molecule has 8 nitrogen and oxygen atoms in total. The van der Waals surface area contributed by atoms with E-state index in [9.17, 15) is 0 Å². The number of hydrogen-bond acceptors (Lipinski definition) is 7. The van der Waals surface area contributed by atoms with Crippen molar-refractivity contribution in [3.8, 4) is 22.6 Å². The third-order valence-electron chi connectivity index (χ3n) is 6.12. The summed E-state index contributed by atoms with van der Waals surface area (Å²) in [4.78, 5) is 13.7. The van der Waals surface area contributed by atoms with Crippen LogP contribution in [0.2, 0.25) is 0 Å². The summed E-state index contributed by atoms with van der Waals surface area (Å²) in [5.74, 6) is 2.96. The quantitative estimate of drug-likeness (QED) is 0.421. The molecule has 1 saturated heterocycles. The summed E-state index contributed by atoms with van der Waals surface area (Å²) in [5, 5.41) is 4.48. The number of rotatable bonds is 7. The number of piperazine rings is 1. The Labute approximate surface area is 199 Å². The van der Waals surface area contributed by atoms with Crippen molar-refractivity contribution in [2.45, 2.75) is 0 Å². The molecule has 0 radical (unpaired) electrons. The first-order valence-electron chi connectivity index (χ1n) is 11.4. The third-order valence-corrected chi connectivity index (χ3v) is 6.12. The molecule has 0 N–H and O–H groups in total. The smallest absolute Gasteiger partial charge is 0.254 e. The molecule has 0 unspecified atom stereocenters. The molecule has 0 bridgehead atoms. The van der Waals surface area contributed by atoms with Crippen molar-refractivity contribution in [2.75, 3.05) is 51.8 Å². The lowest BCUT2D eigenvalue weighted by Crippen LogP contribution is -2.47. The summed E-state index contributed by atoms with van der Waals surface area (Å²) in [7, 11) is 3.29. The number of anilines is 1. The fourth-order valence-electron chi connectivity index (χ4n) is 4.32. The van der Waals surface area contributed by atoms with Crippen molar-refractivity contribution in [1.82, 2.24) is 24.5 Å². The van der Waals surface area contributed by atoms with Crippen LogP contribution in [0.3, 0.4) is 0 Å². The molecule has 0 amide bonds. The minimum absolute atomic E-state index is 0.590. The molecule has 1 aliphatic heterocycles. The van der Waals surface area contributed by atoms with Crippen LogP contribution in [0.5, 0.6) is 11.5 Å². The Morgan fingerprint density at radius 3 is 2.47 bits per heavy atom. The van der Waals surface area contributed by atoms with Gasteiger partial charge in [0.2, 0.25) is 0 Å². The highest BCUT2D eigenvalue weighted by Gasteiger charge is 2.23. The maximum Gasteiger partial charge on any atom is 0.254 e. The second-order valence-electron chi connectivity index (χ2n) is 8.14. The van der Waals surface area contributed by atoms with Crippen LogP contribution in [0, 0.1) is 0 Å². The molecule has 0 spiro atoms. The van der Waals surface area contributed by atoms with Crippen LogP contribution in [0.4, 0.5) is 5.82 Å². The molecule has 0 saturated carbocycles. The van der Waals surface area contributed by atoms with Gasteiger partial charge in [-0.2, -0.15) is 14.6 Å². The van der Waals surface area contributed by atoms with E-state index in [0.29, 0.717) is 17.3 Å². The number of fused-ring (bicyclic) bond motifs is 1. The van der Waals surface area contributed by atoms with E-state index < -0.39 is 0 Å². The normalized spacial score (nSPS) is 14.7. The van der Waals surface area contributed by atoms with Crippen LogP contribution in [0.25, 0.3) is 23.0 Å². The van der Waals surface area contributed by atoms with E-state index in [0.717, 1.165) is 49.7 Å². The first-order chi connectivity index (χ1) is 16.8. The highest BCUT2D eigenvalue weighted by Crippen LogP contribution is 2.36. The van der Waals surface area contributed by atoms with Gasteiger partial charge < -0.3 is 14.4 Å². The van der Waals surface area contributed by atoms with Gasteiger partial charge in [-0.3, -0.25) is 4.90 Å². The van der Waals surface area contributed by atoms with Gasteiger partial charge in [0.1, 0.15) is 12.1 Å². The van der Waals surface area contributed by atoms with Gasteiger partial charge in [-0.15, -0.1) is 0 Å². The number of hydrogen-bond donors (Lipinski definition) is 0. The van der Waals surface area contributed by atoms with Gasteiger partial charge in [0.05, 0.1) is 14.2 Å². The van der Waals surface area contributed by atoms with Crippen molar-refractivity contribution in [3.05, 3.63) is 72.7 Å². The lowest BCUT2D eigenvalue weighted by molar-refractivity contribution is 0.283. The van der Waals surface area contributed by atoms with E-state index in [-0.39, 0.29) is 0 Å². The van der Waals surface area contributed by atoms with Gasteiger partial charge >= 0.3 is 0 Å². The molecule has 2 aromatic heterocycles. The zero-order valence-electron chi connectivity index (χ0n) is 19.5. The second-order valence-corrected chi connectivity index (χ2v) is 8.14. The Hall–Kier alpha value is -3.91. The molecule has 1 fully saturated rings. The molecule has 4 aromatic rings. The minimum atomic E-state index is 0.590. The van der Waals surface area contributed by atoms with Gasteiger partial charge in [-0.25, -0.2) is 4.98 Å². The van der Waals surface area contributed by atoms with Crippen LogP contribution in [-0.4, -0.2) is 71.4 Å². The van der Waals surface area contributed by atoms with Crippen molar-refractivity contribution >= 4 is 17.7 Å². The lowest BCUT2D eigenvalue weighted by atomic mass is 10.1. The molecule has 2 aromatic carbocycles. The molecule has 0 atom stereocenters. The molecule has 0 aliphatic carbocycles. The molecule has 1 aliphatic rings. The Balaban J connectivity index is 1.38. The van der Waals surface area contributed by atoms with Crippen molar-refractivity contribution in [1.29, 1.82) is 0 Å². The fourth-order valence-corrected chi connectivity index (χ4v) is 4.32. The Morgan fingerprint density at radius 2 is 1.71 bits per heavy atom. The molecular weight excluding hydrogens is 428 g/mol. The second kappa shape index (κ2) is 9.93. The minimum Gasteiger partial charge on any atom is -0.493 e. The van der Waals surface area contributed by atoms with Crippen molar-refractivity contribution in [3.63, 3.8) is 0 Å². The molecule has 8 heteroatoms. The van der Waals surface area contributed by atoms with Crippen LogP contribution in [0.15, 0.2) is 67.1 Å². The maximum absolute atomic E-state index is 5.53. The van der Waals surface area contributed by atoms with Crippen molar-refractivity contribution < 1.29 is 9.47 Å². The maximum atomic E-state index is 5.53. The van der Waals surface area contributed by atoms with E-state index in [4.69, 9.17) is 9.47 Å². The summed E-state index contributed by atoms with van der Waals surface area (Å²) >= 11 is 0. The van der Waals surface area contributed by atoms with E-state index in [1.54, 1.807) is 20.5 Å². The number of nitrogens with zero attached hydrogens (tertiary/aromatic N) is 6. The summed E-state index contributed by atoms with van der Waals surface area (Å²) in [5.41, 5.74) is 3.20. The zero-order chi connectivity index (χ0) is 23.3.